The summed E-state index contributed by atoms with van der Waals surface area (Å²) in [4.78, 5) is 26.3. The summed E-state index contributed by atoms with van der Waals surface area (Å²) in [6.45, 7) is 4.73. The van der Waals surface area contributed by atoms with Crippen LogP contribution in [0.3, 0.4) is 0 Å². The highest BCUT2D eigenvalue weighted by Gasteiger charge is 2.33. The molecule has 1 saturated heterocycles. The number of carbonyl (C=O) groups excluding carboxylic acids is 2. The molecule has 0 radical (unpaired) electrons. The number of ether oxygens (including phenoxy) is 2. The first-order chi connectivity index (χ1) is 15.3. The summed E-state index contributed by atoms with van der Waals surface area (Å²) in [6, 6.07) is 10.1. The van der Waals surface area contributed by atoms with Gasteiger partial charge in [-0.2, -0.15) is 4.31 Å². The van der Waals surface area contributed by atoms with Crippen molar-refractivity contribution >= 4 is 27.5 Å². The Morgan fingerprint density at radius 3 is 2.59 bits per heavy atom. The summed E-state index contributed by atoms with van der Waals surface area (Å²) in [7, 11) is -3.79. The van der Waals surface area contributed by atoms with Crippen LogP contribution in [0.1, 0.15) is 22.8 Å². The van der Waals surface area contributed by atoms with Gasteiger partial charge < -0.3 is 19.7 Å². The predicted octanol–water partition coefficient (Wildman–Crippen LogP) is 1.87. The number of nitrogens with zero attached hydrogens (tertiary/aromatic N) is 2. The summed E-state index contributed by atoms with van der Waals surface area (Å²) >= 11 is 0. The van der Waals surface area contributed by atoms with Crippen LogP contribution in [0.25, 0.3) is 0 Å². The molecule has 170 valence electrons. The highest BCUT2D eigenvalue weighted by molar-refractivity contribution is 7.89. The Hall–Kier alpha value is -3.11. The molecule has 2 aliphatic rings. The molecule has 0 atom stereocenters. The van der Waals surface area contributed by atoms with Gasteiger partial charge in [0.15, 0.2) is 6.61 Å². The van der Waals surface area contributed by atoms with E-state index in [1.807, 2.05) is 13.0 Å². The normalized spacial score (nSPS) is 16.7. The van der Waals surface area contributed by atoms with Gasteiger partial charge in [0.05, 0.1) is 22.8 Å². The fraction of sp³-hybridized carbons (Fsp3) is 0.364. The molecule has 0 bridgehead atoms. The van der Waals surface area contributed by atoms with E-state index in [-0.39, 0.29) is 49.5 Å². The number of anilines is 1. The molecule has 1 N–H and O–H groups in total. The largest absolute Gasteiger partial charge is 0.493 e. The molecule has 0 unspecified atom stereocenters. The van der Waals surface area contributed by atoms with Crippen molar-refractivity contribution < 1.29 is 27.5 Å². The molecule has 2 heterocycles. The minimum absolute atomic E-state index is 0.133. The average molecular weight is 460 g/mol. The Bertz CT molecular complexity index is 1160. The molecule has 2 aliphatic heterocycles. The maximum Gasteiger partial charge on any atom is 0.262 e. The smallest absolute Gasteiger partial charge is 0.262 e. The molecule has 4 rings (SSSR count). The summed E-state index contributed by atoms with van der Waals surface area (Å²) < 4.78 is 38.9. The number of sulfonamides is 1. The van der Waals surface area contributed by atoms with E-state index in [0.29, 0.717) is 34.9 Å². The maximum atomic E-state index is 13.3. The number of para-hydroxylation sites is 1. The average Bonchev–Trinajstić information content (AvgIpc) is 2.78. The number of rotatable bonds is 5. The van der Waals surface area contributed by atoms with Crippen molar-refractivity contribution in [1.82, 2.24) is 9.21 Å². The molecule has 0 saturated carbocycles. The fourth-order valence-corrected chi connectivity index (χ4v) is 5.50. The Kier molecular flexibility index (Phi) is 6.07. The second-order valence-electron chi connectivity index (χ2n) is 7.58. The van der Waals surface area contributed by atoms with E-state index in [9.17, 15) is 18.0 Å². The lowest BCUT2D eigenvalue weighted by Gasteiger charge is -2.34. The van der Waals surface area contributed by atoms with Crippen molar-refractivity contribution in [2.45, 2.75) is 18.7 Å². The molecule has 0 aliphatic carbocycles. The van der Waals surface area contributed by atoms with Crippen LogP contribution in [0.15, 0.2) is 41.3 Å². The molecule has 0 aromatic heterocycles. The number of carbonyl (C=O) groups is 2. The Morgan fingerprint density at radius 1 is 1.16 bits per heavy atom. The fourth-order valence-electron chi connectivity index (χ4n) is 3.86. The van der Waals surface area contributed by atoms with Crippen molar-refractivity contribution in [3.05, 3.63) is 47.5 Å². The lowest BCUT2D eigenvalue weighted by Crippen LogP contribution is -2.50. The van der Waals surface area contributed by atoms with Gasteiger partial charge in [-0.05, 0) is 37.6 Å². The van der Waals surface area contributed by atoms with Gasteiger partial charge in [-0.15, -0.1) is 0 Å². The lowest BCUT2D eigenvalue weighted by molar-refractivity contribution is -0.118. The summed E-state index contributed by atoms with van der Waals surface area (Å²) in [5.41, 5.74) is 1.44. The minimum Gasteiger partial charge on any atom is -0.493 e. The molecule has 9 nitrogen and oxygen atoms in total. The van der Waals surface area contributed by atoms with Gasteiger partial charge >= 0.3 is 0 Å². The number of nitrogens with one attached hydrogen (secondary N) is 1. The van der Waals surface area contributed by atoms with Crippen LogP contribution in [0.5, 0.6) is 11.5 Å². The van der Waals surface area contributed by atoms with Crippen LogP contribution < -0.4 is 14.8 Å². The Morgan fingerprint density at radius 2 is 1.88 bits per heavy atom. The van der Waals surface area contributed by atoms with Crippen LogP contribution in [0, 0.1) is 6.92 Å². The van der Waals surface area contributed by atoms with Crippen LogP contribution in [-0.2, 0) is 14.8 Å². The van der Waals surface area contributed by atoms with Crippen molar-refractivity contribution in [2.24, 2.45) is 0 Å². The van der Waals surface area contributed by atoms with Gasteiger partial charge in [-0.25, -0.2) is 8.42 Å². The van der Waals surface area contributed by atoms with Gasteiger partial charge in [0.2, 0.25) is 10.0 Å². The third kappa shape index (κ3) is 4.15. The summed E-state index contributed by atoms with van der Waals surface area (Å²) in [5, 5.41) is 2.68. The number of fused-ring (bicyclic) bond motifs is 1. The zero-order valence-corrected chi connectivity index (χ0v) is 18.8. The predicted molar refractivity (Wildman–Crippen MR) is 118 cm³/mol. The standard InChI is InChI=1S/C22H25N3O6S/c1-3-30-18-7-5-4-6-16(18)22(27)24-8-10-25(11-9-24)32(28,29)20-13-19-17(12-15(20)2)23-21(26)14-31-19/h4-7,12-13H,3,8-11,14H2,1-2H3,(H,23,26). The van der Waals surface area contributed by atoms with E-state index >= 15 is 0 Å². The van der Waals surface area contributed by atoms with Gasteiger partial charge in [0.1, 0.15) is 11.5 Å². The molecule has 2 amide bonds. The number of benzene rings is 2. The molecule has 32 heavy (non-hydrogen) atoms. The van der Waals surface area contributed by atoms with E-state index in [0.717, 1.165) is 0 Å². The highest BCUT2D eigenvalue weighted by Crippen LogP contribution is 2.34. The molecule has 1 fully saturated rings. The number of aryl methyl sites for hydroxylation is 1. The molecule has 0 spiro atoms. The quantitative estimate of drug-likeness (QED) is 0.732. The van der Waals surface area contributed by atoms with Crippen LogP contribution in [0.2, 0.25) is 0 Å². The summed E-state index contributed by atoms with van der Waals surface area (Å²) in [5.74, 6) is 0.390. The van der Waals surface area contributed by atoms with Crippen molar-refractivity contribution in [2.75, 3.05) is 44.7 Å². The Labute approximate surface area is 187 Å². The van der Waals surface area contributed by atoms with E-state index in [1.54, 1.807) is 36.1 Å². The first-order valence-electron chi connectivity index (χ1n) is 10.4. The third-order valence-corrected chi connectivity index (χ3v) is 7.51. The monoisotopic (exact) mass is 459 g/mol. The molecular weight excluding hydrogens is 434 g/mol. The lowest BCUT2D eigenvalue weighted by atomic mass is 10.1. The van der Waals surface area contributed by atoms with Gasteiger partial charge in [-0.3, -0.25) is 9.59 Å². The van der Waals surface area contributed by atoms with Crippen LogP contribution in [0.4, 0.5) is 5.69 Å². The maximum absolute atomic E-state index is 13.3. The highest BCUT2D eigenvalue weighted by atomic mass is 32.2. The SMILES string of the molecule is CCOc1ccccc1C(=O)N1CCN(S(=O)(=O)c2cc3c(cc2C)NC(=O)CO3)CC1. The number of amides is 2. The second-order valence-corrected chi connectivity index (χ2v) is 9.48. The molecular formula is C22H25N3O6S. The van der Waals surface area contributed by atoms with Crippen molar-refractivity contribution in [3.8, 4) is 11.5 Å². The van der Waals surface area contributed by atoms with Crippen molar-refractivity contribution in [1.29, 1.82) is 0 Å². The Balaban J connectivity index is 1.50. The number of piperazine rings is 1. The first kappa shape index (κ1) is 22.1. The van der Waals surface area contributed by atoms with Crippen LogP contribution >= 0.6 is 0 Å². The number of hydrogen-bond acceptors (Lipinski definition) is 6. The molecule has 10 heteroatoms. The molecule has 2 aromatic rings. The first-order valence-corrected chi connectivity index (χ1v) is 11.8. The van der Waals surface area contributed by atoms with Crippen molar-refractivity contribution in [3.63, 3.8) is 0 Å². The minimum atomic E-state index is -3.79. The zero-order valence-electron chi connectivity index (χ0n) is 18.0. The van der Waals surface area contributed by atoms with Crippen LogP contribution in [-0.4, -0.2) is 68.8 Å². The topological polar surface area (TPSA) is 105 Å². The van der Waals surface area contributed by atoms with E-state index in [4.69, 9.17) is 9.47 Å². The molecule has 2 aromatic carbocycles. The van der Waals surface area contributed by atoms with E-state index in [2.05, 4.69) is 5.32 Å². The van der Waals surface area contributed by atoms with Gasteiger partial charge in [0, 0.05) is 32.2 Å². The number of hydrogen-bond donors (Lipinski definition) is 1. The third-order valence-electron chi connectivity index (χ3n) is 5.47. The van der Waals surface area contributed by atoms with Gasteiger partial charge in [0.25, 0.3) is 11.8 Å². The van der Waals surface area contributed by atoms with E-state index < -0.39 is 10.0 Å². The van der Waals surface area contributed by atoms with E-state index in [1.165, 1.54) is 10.4 Å². The van der Waals surface area contributed by atoms with Gasteiger partial charge in [-0.1, -0.05) is 12.1 Å². The second kappa shape index (κ2) is 8.79. The summed E-state index contributed by atoms with van der Waals surface area (Å²) in [6.07, 6.45) is 0. The zero-order chi connectivity index (χ0) is 22.9.